The summed E-state index contributed by atoms with van der Waals surface area (Å²) >= 11 is 0. The Hall–Kier alpha value is -0.513. The van der Waals surface area contributed by atoms with Crippen LogP contribution in [0.5, 0.6) is 0 Å². The fourth-order valence-electron chi connectivity index (χ4n) is 1.95. The highest BCUT2D eigenvalue weighted by Gasteiger charge is 2.46. The molecule has 0 rings (SSSR count). The van der Waals surface area contributed by atoms with E-state index in [2.05, 4.69) is 22.3 Å². The van der Waals surface area contributed by atoms with Gasteiger partial charge in [0.05, 0.1) is 19.2 Å². The average molecular weight is 308 g/mol. The Labute approximate surface area is 122 Å². The van der Waals surface area contributed by atoms with Crippen LogP contribution in [0, 0.1) is 0 Å². The Morgan fingerprint density at radius 1 is 1.05 bits per heavy atom. The molecule has 0 saturated carbocycles. The molecule has 0 heterocycles. The summed E-state index contributed by atoms with van der Waals surface area (Å²) in [7, 11) is 3.56. The van der Waals surface area contributed by atoms with Crippen LogP contribution < -0.4 is 10.6 Å². The normalized spacial score (nSPS) is 13.2. The monoisotopic (exact) mass is 308 g/mol. The molecule has 0 radical (unpaired) electrons. The second-order valence-corrected chi connectivity index (χ2v) is 7.34. The van der Waals surface area contributed by atoms with E-state index in [4.69, 9.17) is 13.3 Å². The molecule has 8 heteroatoms. The van der Waals surface area contributed by atoms with Crippen molar-refractivity contribution in [3.05, 3.63) is 0 Å². The lowest BCUT2D eigenvalue weighted by atomic mass is 10.4. The predicted octanol–water partition coefficient (Wildman–Crippen LogP) is -0.0754. The number of hydrogen-bond donors (Lipinski definition) is 2. The van der Waals surface area contributed by atoms with Gasteiger partial charge >= 0.3 is 14.8 Å². The molecule has 0 aromatic carbocycles. The molecule has 0 aliphatic heterocycles. The number of methoxy groups -OCH3 is 1. The number of hydrogen-bond acceptors (Lipinski definition) is 7. The summed E-state index contributed by atoms with van der Waals surface area (Å²) in [6.07, 6.45) is 1.23. The van der Waals surface area contributed by atoms with Gasteiger partial charge < -0.3 is 28.6 Å². The van der Waals surface area contributed by atoms with Crippen LogP contribution in [0.1, 0.15) is 19.8 Å². The average Bonchev–Trinajstić information content (AvgIpc) is 2.49. The minimum Gasteiger partial charge on any atom is -0.469 e. The molecule has 2 N–H and O–H groups in total. The molecule has 0 fully saturated rings. The Morgan fingerprint density at radius 3 is 2.10 bits per heavy atom. The van der Waals surface area contributed by atoms with Crippen molar-refractivity contribution in [2.75, 3.05) is 48.1 Å². The summed E-state index contributed by atoms with van der Waals surface area (Å²) in [6, 6.07) is 0. The first-order valence-electron chi connectivity index (χ1n) is 6.76. The zero-order valence-corrected chi connectivity index (χ0v) is 14.2. The van der Waals surface area contributed by atoms with E-state index in [0.29, 0.717) is 13.0 Å². The third-order valence-electron chi connectivity index (χ3n) is 3.11. The van der Waals surface area contributed by atoms with Crippen molar-refractivity contribution in [2.45, 2.75) is 25.4 Å². The van der Waals surface area contributed by atoms with E-state index in [1.54, 1.807) is 21.3 Å². The van der Waals surface area contributed by atoms with E-state index in [1.807, 2.05) is 0 Å². The lowest BCUT2D eigenvalue weighted by Crippen LogP contribution is -2.60. The molecular formula is C12H28N2O5Si. The molecule has 0 aromatic heterocycles. The van der Waals surface area contributed by atoms with Crippen molar-refractivity contribution in [1.82, 2.24) is 10.6 Å². The molecule has 0 aromatic rings. The van der Waals surface area contributed by atoms with E-state index in [0.717, 1.165) is 19.5 Å². The number of rotatable bonds is 12. The first-order valence-corrected chi connectivity index (χ1v) is 8.56. The van der Waals surface area contributed by atoms with Crippen LogP contribution in [0.3, 0.4) is 0 Å². The van der Waals surface area contributed by atoms with E-state index in [9.17, 15) is 4.79 Å². The number of ether oxygens (including phenoxy) is 1. The highest BCUT2D eigenvalue weighted by molar-refractivity contribution is 6.62. The van der Waals surface area contributed by atoms with Gasteiger partial charge in [-0.1, -0.05) is 6.92 Å². The summed E-state index contributed by atoms with van der Waals surface area (Å²) in [5.41, 5.74) is 0.0462. The molecule has 0 bridgehead atoms. The molecule has 120 valence electrons. The Morgan fingerprint density at radius 2 is 1.65 bits per heavy atom. The lowest BCUT2D eigenvalue weighted by molar-refractivity contribution is -0.140. The first kappa shape index (κ1) is 19.5. The van der Waals surface area contributed by atoms with Gasteiger partial charge in [-0.3, -0.25) is 4.79 Å². The molecule has 1 atom stereocenters. The Bertz CT molecular complexity index is 256. The molecule has 0 aliphatic rings. The predicted molar refractivity (Wildman–Crippen MR) is 78.4 cm³/mol. The molecule has 1 unspecified atom stereocenters. The van der Waals surface area contributed by atoms with Gasteiger partial charge in [-0.2, -0.15) is 0 Å². The van der Waals surface area contributed by atoms with Gasteiger partial charge in [0.1, 0.15) is 0 Å². The van der Waals surface area contributed by atoms with Gasteiger partial charge in [0.2, 0.25) is 0 Å². The first-order chi connectivity index (χ1) is 9.60. The minimum atomic E-state index is -2.65. The highest BCUT2D eigenvalue weighted by atomic mass is 28.4. The topological polar surface area (TPSA) is 78.1 Å². The van der Waals surface area contributed by atoms with Crippen molar-refractivity contribution in [3.63, 3.8) is 0 Å². The van der Waals surface area contributed by atoms with Crippen molar-refractivity contribution >= 4 is 14.8 Å². The van der Waals surface area contributed by atoms with Crippen LogP contribution in [0.15, 0.2) is 0 Å². The largest absolute Gasteiger partial charge is 0.517 e. The third kappa shape index (κ3) is 6.29. The molecular weight excluding hydrogens is 280 g/mol. The van der Waals surface area contributed by atoms with Crippen LogP contribution in [0.4, 0.5) is 0 Å². The van der Waals surface area contributed by atoms with Crippen LogP contribution in [-0.4, -0.2) is 68.5 Å². The zero-order chi connectivity index (χ0) is 15.4. The van der Waals surface area contributed by atoms with E-state index >= 15 is 0 Å². The fourth-order valence-corrected chi connectivity index (χ4v) is 4.20. The Balaban J connectivity index is 3.98. The summed E-state index contributed by atoms with van der Waals surface area (Å²) in [6.45, 7) is 4.15. The quantitative estimate of drug-likeness (QED) is 0.297. The second kappa shape index (κ2) is 11.2. The van der Waals surface area contributed by atoms with Crippen molar-refractivity contribution in [1.29, 1.82) is 0 Å². The lowest BCUT2D eigenvalue weighted by Gasteiger charge is -2.32. The summed E-state index contributed by atoms with van der Waals surface area (Å²) in [5, 5.41) is 6.54. The van der Waals surface area contributed by atoms with Crippen LogP contribution in [-0.2, 0) is 22.8 Å². The highest BCUT2D eigenvalue weighted by Crippen LogP contribution is 2.14. The minimum absolute atomic E-state index is 0.0462. The van der Waals surface area contributed by atoms with Crippen LogP contribution in [0.2, 0.25) is 0 Å². The van der Waals surface area contributed by atoms with Gasteiger partial charge in [-0.25, -0.2) is 0 Å². The number of carbonyl (C=O) groups is 1. The van der Waals surface area contributed by atoms with E-state index < -0.39 is 8.80 Å². The molecule has 0 aliphatic carbocycles. The van der Waals surface area contributed by atoms with Crippen LogP contribution in [0.25, 0.3) is 0 Å². The second-order valence-electron chi connectivity index (χ2n) is 4.21. The Kier molecular flexibility index (Phi) is 10.9. The zero-order valence-electron chi connectivity index (χ0n) is 13.2. The molecule has 0 spiro atoms. The fraction of sp³-hybridized carbons (Fsp3) is 0.917. The van der Waals surface area contributed by atoms with Crippen molar-refractivity contribution in [2.24, 2.45) is 0 Å². The third-order valence-corrected chi connectivity index (χ3v) is 6.29. The number of carbonyl (C=O) groups excluding carboxylic acids is 1. The van der Waals surface area contributed by atoms with Gasteiger partial charge in [0.25, 0.3) is 0 Å². The van der Waals surface area contributed by atoms with Crippen LogP contribution >= 0.6 is 0 Å². The van der Waals surface area contributed by atoms with Gasteiger partial charge in [0, 0.05) is 41.0 Å². The molecule has 20 heavy (non-hydrogen) atoms. The molecule has 0 saturated heterocycles. The van der Waals surface area contributed by atoms with Crippen molar-refractivity contribution in [3.8, 4) is 0 Å². The van der Waals surface area contributed by atoms with Crippen molar-refractivity contribution < 1.29 is 22.8 Å². The molecule has 0 amide bonds. The summed E-state index contributed by atoms with van der Waals surface area (Å²) in [5.74, 6) is -0.207. The SMILES string of the molecule is CCC(NCCNCCC(=O)OC)[Si](OC)(OC)OC. The van der Waals surface area contributed by atoms with E-state index in [1.165, 1.54) is 7.11 Å². The summed E-state index contributed by atoms with van der Waals surface area (Å²) < 4.78 is 21.0. The van der Waals surface area contributed by atoms with Gasteiger partial charge in [-0.15, -0.1) is 0 Å². The number of esters is 1. The smallest absolute Gasteiger partial charge is 0.469 e. The standard InChI is InChI=1S/C12H28N2O5Si/c1-6-11(20(17-3,18-4)19-5)14-10-9-13-8-7-12(15)16-2/h11,13-14H,6-10H2,1-5H3. The van der Waals surface area contributed by atoms with Gasteiger partial charge in [0.15, 0.2) is 0 Å². The number of nitrogens with one attached hydrogen (secondary N) is 2. The maximum absolute atomic E-state index is 10.9. The maximum atomic E-state index is 10.9. The molecule has 7 nitrogen and oxygen atoms in total. The van der Waals surface area contributed by atoms with Gasteiger partial charge in [-0.05, 0) is 6.42 Å². The van der Waals surface area contributed by atoms with E-state index in [-0.39, 0.29) is 11.6 Å². The maximum Gasteiger partial charge on any atom is 0.517 e. The summed E-state index contributed by atoms with van der Waals surface area (Å²) in [4.78, 5) is 10.9.